The fourth-order valence-electron chi connectivity index (χ4n) is 1.97. The number of aliphatic hydroxyl groups excluding tert-OH is 1. The first-order valence-corrected chi connectivity index (χ1v) is 7.96. The summed E-state index contributed by atoms with van der Waals surface area (Å²) in [6.45, 7) is 4.88. The van der Waals surface area contributed by atoms with E-state index in [1.165, 1.54) is 0 Å². The van der Waals surface area contributed by atoms with Gasteiger partial charge in [0.25, 0.3) is 0 Å². The molecule has 0 aliphatic rings. The fraction of sp³-hybridized carbons (Fsp3) is 0.750. The van der Waals surface area contributed by atoms with Gasteiger partial charge >= 0.3 is 24.8 Å². The Bertz CT molecular complexity index is 362. The topological polar surface area (TPSA) is 96.2 Å². The van der Waals surface area contributed by atoms with Crippen molar-refractivity contribution in [2.75, 3.05) is 26.2 Å². The number of carboxylic acid groups (broad SMARTS) is 1. The van der Waals surface area contributed by atoms with E-state index >= 15 is 0 Å². The maximum atomic E-state index is 11.6. The number of hydrogen-bond donors (Lipinski definition) is 2. The maximum absolute atomic E-state index is 11.6. The van der Waals surface area contributed by atoms with Crippen LogP contribution in [0.1, 0.15) is 46.0 Å². The number of unbranched alkanes of at least 4 members (excludes halogenated alkanes) is 1. The third-order valence-corrected chi connectivity index (χ3v) is 3.35. The zero-order valence-electron chi connectivity index (χ0n) is 14.7. The van der Waals surface area contributed by atoms with Gasteiger partial charge in [-0.15, -0.1) is 0 Å². The molecule has 0 aromatic carbocycles. The molecule has 128 valence electrons. The molecular formula is C16H29LiN2O4. The zero-order valence-corrected chi connectivity index (χ0v) is 14.7. The Morgan fingerprint density at radius 1 is 1.30 bits per heavy atom. The molecule has 23 heavy (non-hydrogen) atoms. The second-order valence-electron chi connectivity index (χ2n) is 5.17. The molecule has 0 saturated carbocycles. The maximum Gasteiger partial charge on any atom is 1.00 e. The van der Waals surface area contributed by atoms with Crippen LogP contribution in [0.25, 0.3) is 0 Å². The molecular weight excluding hydrogens is 291 g/mol. The number of carboxylic acids is 1. The quantitative estimate of drug-likeness (QED) is 0.135. The van der Waals surface area contributed by atoms with Crippen LogP contribution < -0.4 is 24.0 Å². The van der Waals surface area contributed by atoms with Gasteiger partial charge < -0.3 is 20.3 Å². The molecule has 0 aliphatic heterocycles. The fourth-order valence-corrected chi connectivity index (χ4v) is 1.97. The van der Waals surface area contributed by atoms with Crippen molar-refractivity contribution in [3.63, 3.8) is 0 Å². The van der Waals surface area contributed by atoms with Crippen molar-refractivity contribution in [1.82, 2.24) is 4.90 Å². The Hall–Kier alpha value is -0.803. The van der Waals surface area contributed by atoms with Crippen LogP contribution in [-0.2, 0) is 4.79 Å². The summed E-state index contributed by atoms with van der Waals surface area (Å²) in [5.74, 6) is -1.04. The van der Waals surface area contributed by atoms with Crippen LogP contribution in [-0.4, -0.2) is 59.3 Å². The molecule has 6 nitrogen and oxygen atoms in total. The van der Waals surface area contributed by atoms with E-state index in [2.05, 4.69) is 24.1 Å². The van der Waals surface area contributed by atoms with Gasteiger partial charge in [0.1, 0.15) is 6.04 Å². The van der Waals surface area contributed by atoms with Gasteiger partial charge in [0.2, 0.25) is 0 Å². The summed E-state index contributed by atoms with van der Waals surface area (Å²) in [7, 11) is 0. The van der Waals surface area contributed by atoms with Crippen molar-refractivity contribution in [1.29, 1.82) is 0 Å². The number of aliphatic hydroxyl groups is 1. The molecule has 0 aliphatic carbocycles. The summed E-state index contributed by atoms with van der Waals surface area (Å²) < 4.78 is 0. The monoisotopic (exact) mass is 320 g/mol. The SMILES string of the molecule is CC/C=C/CCCC([O-])=NCCN(CCCO)C(C)C(=O)O.[Li+]. The standard InChI is InChI=1S/C16H30N2O4.Li/c1-3-4-5-6-7-9-15(20)17-10-12-18(11-8-13-19)14(2)16(21)22;/h4-5,14,19H,3,6-13H2,1-2H3,(H,17,20)(H,21,22);/q;+1/p-1/b5-4+;. The van der Waals surface area contributed by atoms with Gasteiger partial charge in [0.05, 0.1) is 6.54 Å². The average Bonchev–Trinajstić information content (AvgIpc) is 2.49. The number of rotatable bonds is 13. The number of hydrogen-bond acceptors (Lipinski definition) is 5. The van der Waals surface area contributed by atoms with Crippen molar-refractivity contribution >= 4 is 11.9 Å². The van der Waals surface area contributed by atoms with E-state index in [9.17, 15) is 9.90 Å². The van der Waals surface area contributed by atoms with Crippen LogP contribution >= 0.6 is 0 Å². The van der Waals surface area contributed by atoms with Crippen molar-refractivity contribution in [3.05, 3.63) is 12.2 Å². The molecule has 0 aromatic rings. The van der Waals surface area contributed by atoms with Gasteiger partial charge in [-0.2, -0.15) is 0 Å². The molecule has 1 unspecified atom stereocenters. The molecule has 7 heteroatoms. The van der Waals surface area contributed by atoms with Gasteiger partial charge in [-0.1, -0.05) is 19.1 Å². The molecule has 0 bridgehead atoms. The summed E-state index contributed by atoms with van der Waals surface area (Å²) in [6.07, 6.45) is 7.76. The Labute approximate surface area is 151 Å². The normalized spacial score (nSPS) is 13.3. The number of aliphatic carboxylic acids is 1. The number of nitrogens with zero attached hydrogens (tertiary/aromatic N) is 2. The Balaban J connectivity index is 0. The molecule has 0 aromatic heterocycles. The molecule has 0 heterocycles. The third kappa shape index (κ3) is 13.3. The van der Waals surface area contributed by atoms with Gasteiger partial charge in [-0.05, 0) is 44.9 Å². The zero-order chi connectivity index (χ0) is 16.8. The van der Waals surface area contributed by atoms with Crippen LogP contribution in [0.4, 0.5) is 0 Å². The van der Waals surface area contributed by atoms with Crippen LogP contribution in [0.5, 0.6) is 0 Å². The van der Waals surface area contributed by atoms with E-state index in [1.54, 1.807) is 11.8 Å². The van der Waals surface area contributed by atoms with E-state index in [0.717, 1.165) is 19.3 Å². The van der Waals surface area contributed by atoms with Crippen LogP contribution in [0.2, 0.25) is 0 Å². The van der Waals surface area contributed by atoms with Crippen LogP contribution in [0, 0.1) is 0 Å². The van der Waals surface area contributed by atoms with Crippen molar-refractivity contribution in [2.24, 2.45) is 4.99 Å². The van der Waals surface area contributed by atoms with Gasteiger partial charge in [0.15, 0.2) is 0 Å². The summed E-state index contributed by atoms with van der Waals surface area (Å²) in [5.41, 5.74) is 0. The van der Waals surface area contributed by atoms with Gasteiger partial charge in [0, 0.05) is 19.7 Å². The Kier molecular flexibility index (Phi) is 17.1. The molecule has 0 amide bonds. The average molecular weight is 320 g/mol. The van der Waals surface area contributed by atoms with Gasteiger partial charge in [-0.25, -0.2) is 0 Å². The first kappa shape index (κ1) is 24.4. The molecule has 0 saturated heterocycles. The third-order valence-electron chi connectivity index (χ3n) is 3.35. The summed E-state index contributed by atoms with van der Waals surface area (Å²) in [5, 5.41) is 29.5. The number of carbonyl (C=O) groups is 1. The van der Waals surface area contributed by atoms with Crippen molar-refractivity contribution < 1.29 is 39.0 Å². The molecule has 2 N–H and O–H groups in total. The smallest absolute Gasteiger partial charge is 0.862 e. The Morgan fingerprint density at radius 2 is 2.00 bits per heavy atom. The van der Waals surface area contributed by atoms with Crippen molar-refractivity contribution in [3.8, 4) is 0 Å². The molecule has 1 atom stereocenters. The van der Waals surface area contributed by atoms with E-state index in [1.807, 2.05) is 0 Å². The predicted molar refractivity (Wildman–Crippen MR) is 86.0 cm³/mol. The van der Waals surface area contributed by atoms with E-state index < -0.39 is 12.0 Å². The summed E-state index contributed by atoms with van der Waals surface area (Å²) >= 11 is 0. The van der Waals surface area contributed by atoms with Crippen LogP contribution in [0.3, 0.4) is 0 Å². The van der Waals surface area contributed by atoms with Crippen LogP contribution in [0.15, 0.2) is 17.1 Å². The number of aliphatic imine (C=N–C) groups is 1. The largest absolute Gasteiger partial charge is 1.00 e. The van der Waals surface area contributed by atoms with E-state index in [0.29, 0.717) is 32.5 Å². The number of allylic oxidation sites excluding steroid dienone is 2. The minimum Gasteiger partial charge on any atom is -0.862 e. The van der Waals surface area contributed by atoms with E-state index in [-0.39, 0.29) is 31.4 Å². The molecule has 0 rings (SSSR count). The molecule has 0 radical (unpaired) electrons. The minimum absolute atomic E-state index is 0. The second kappa shape index (κ2) is 16.1. The van der Waals surface area contributed by atoms with Crippen molar-refractivity contribution in [2.45, 2.75) is 52.0 Å². The minimum atomic E-state index is -0.910. The Morgan fingerprint density at radius 3 is 2.57 bits per heavy atom. The first-order valence-electron chi connectivity index (χ1n) is 7.96. The first-order chi connectivity index (χ1) is 10.5. The van der Waals surface area contributed by atoms with Gasteiger partial charge in [-0.3, -0.25) is 9.69 Å². The molecule has 0 spiro atoms. The summed E-state index contributed by atoms with van der Waals surface area (Å²) in [6, 6.07) is -0.643. The summed E-state index contributed by atoms with van der Waals surface area (Å²) in [4.78, 5) is 16.7. The second-order valence-corrected chi connectivity index (χ2v) is 5.17. The molecule has 0 fully saturated rings. The predicted octanol–water partition coefficient (Wildman–Crippen LogP) is -1.96. The van der Waals surface area contributed by atoms with E-state index in [4.69, 9.17) is 10.2 Å².